The normalized spacial score (nSPS) is 10.4. The van der Waals surface area contributed by atoms with Crippen molar-refractivity contribution in [1.29, 1.82) is 5.41 Å². The number of nitrogens with one attached hydrogen (secondary N) is 3. The van der Waals surface area contributed by atoms with Gasteiger partial charge in [-0.3, -0.25) is 15.5 Å². The monoisotopic (exact) mass is 320 g/mol. The molecule has 3 aromatic rings. The number of amides is 1. The first kappa shape index (κ1) is 15.5. The molecule has 120 valence electrons. The Balaban J connectivity index is 2.21. The Bertz CT molecular complexity index is 937. The van der Waals surface area contributed by atoms with Crippen LogP contribution in [0.3, 0.4) is 0 Å². The molecule has 0 spiro atoms. The molecule has 0 aliphatic rings. The first-order valence-electron chi connectivity index (χ1n) is 7.34. The van der Waals surface area contributed by atoms with Crippen molar-refractivity contribution in [3.8, 4) is 17.0 Å². The molecule has 4 N–H and O–H groups in total. The van der Waals surface area contributed by atoms with Crippen molar-refractivity contribution < 1.29 is 9.90 Å². The van der Waals surface area contributed by atoms with Crippen LogP contribution in [0, 0.1) is 12.3 Å². The van der Waals surface area contributed by atoms with Gasteiger partial charge in [0.1, 0.15) is 5.75 Å². The molecule has 0 aliphatic carbocycles. The minimum Gasteiger partial charge on any atom is -0.507 e. The van der Waals surface area contributed by atoms with Crippen LogP contribution in [-0.2, 0) is 4.79 Å². The van der Waals surface area contributed by atoms with Gasteiger partial charge in [0.2, 0.25) is 6.41 Å². The lowest BCUT2D eigenvalue weighted by Gasteiger charge is -2.14. The quantitative estimate of drug-likeness (QED) is 0.339. The lowest BCUT2D eigenvalue weighted by molar-refractivity contribution is -0.108. The predicted octanol–water partition coefficient (Wildman–Crippen LogP) is 3.01. The number of benzene rings is 2. The summed E-state index contributed by atoms with van der Waals surface area (Å²) >= 11 is 0. The molecule has 0 bridgehead atoms. The summed E-state index contributed by atoms with van der Waals surface area (Å²) in [6, 6.07) is 14.7. The molecule has 3 rings (SSSR count). The van der Waals surface area contributed by atoms with Crippen LogP contribution in [0.2, 0.25) is 0 Å². The third-order valence-corrected chi connectivity index (χ3v) is 3.70. The molecule has 0 saturated carbocycles. The third kappa shape index (κ3) is 2.89. The third-order valence-electron chi connectivity index (χ3n) is 3.70. The van der Waals surface area contributed by atoms with Crippen LogP contribution in [-0.4, -0.2) is 22.5 Å². The van der Waals surface area contributed by atoms with Crippen LogP contribution in [0.4, 0.5) is 5.69 Å². The van der Waals surface area contributed by atoms with E-state index in [0.717, 1.165) is 11.1 Å². The average molecular weight is 320 g/mol. The van der Waals surface area contributed by atoms with Crippen molar-refractivity contribution >= 4 is 29.0 Å². The summed E-state index contributed by atoms with van der Waals surface area (Å²) < 4.78 is 0. The highest BCUT2D eigenvalue weighted by Crippen LogP contribution is 2.34. The van der Waals surface area contributed by atoms with E-state index in [4.69, 9.17) is 5.41 Å². The van der Waals surface area contributed by atoms with Crippen molar-refractivity contribution in [2.75, 3.05) is 5.32 Å². The van der Waals surface area contributed by atoms with Gasteiger partial charge in [-0.15, -0.1) is 0 Å². The Labute approximate surface area is 138 Å². The van der Waals surface area contributed by atoms with Crippen LogP contribution >= 0.6 is 0 Å². The van der Waals surface area contributed by atoms with Crippen molar-refractivity contribution in [3.63, 3.8) is 0 Å². The zero-order valence-corrected chi connectivity index (χ0v) is 13.0. The molecular weight excluding hydrogens is 304 g/mol. The minimum absolute atomic E-state index is 0.0535. The van der Waals surface area contributed by atoms with E-state index in [1.165, 1.54) is 0 Å². The average Bonchev–Trinajstić information content (AvgIpc) is 2.55. The highest BCUT2D eigenvalue weighted by Gasteiger charge is 2.13. The number of guanidine groups is 1. The number of aromatic nitrogens is 1. The van der Waals surface area contributed by atoms with Gasteiger partial charge in [0, 0.05) is 5.56 Å². The Morgan fingerprint density at radius 2 is 2.00 bits per heavy atom. The maximum atomic E-state index is 10.5. The highest BCUT2D eigenvalue weighted by molar-refractivity contribution is 6.06. The van der Waals surface area contributed by atoms with Crippen molar-refractivity contribution in [2.45, 2.75) is 6.92 Å². The molecule has 24 heavy (non-hydrogen) atoms. The molecule has 2 aromatic carbocycles. The molecule has 1 heterocycles. The molecule has 1 amide bonds. The first-order chi connectivity index (χ1) is 11.6. The Hall–Kier alpha value is -3.41. The van der Waals surface area contributed by atoms with Crippen LogP contribution in [0.1, 0.15) is 5.56 Å². The minimum atomic E-state index is -0.184. The molecule has 0 saturated heterocycles. The number of aryl methyl sites for hydroxylation is 1. The van der Waals surface area contributed by atoms with Gasteiger partial charge in [0.25, 0.3) is 0 Å². The van der Waals surface area contributed by atoms with E-state index in [0.29, 0.717) is 28.7 Å². The summed E-state index contributed by atoms with van der Waals surface area (Å²) in [7, 11) is 0. The second kappa shape index (κ2) is 6.37. The number of carbonyl (C=O) groups is 1. The van der Waals surface area contributed by atoms with Gasteiger partial charge >= 0.3 is 0 Å². The van der Waals surface area contributed by atoms with E-state index in [1.807, 2.05) is 31.2 Å². The lowest BCUT2D eigenvalue weighted by atomic mass is 10.0. The van der Waals surface area contributed by atoms with Gasteiger partial charge in [-0.05, 0) is 30.7 Å². The smallest absolute Gasteiger partial charge is 0.213 e. The van der Waals surface area contributed by atoms with Crippen molar-refractivity contribution in [1.82, 2.24) is 10.3 Å². The molecule has 0 unspecified atom stereocenters. The number of anilines is 1. The van der Waals surface area contributed by atoms with Gasteiger partial charge < -0.3 is 10.4 Å². The number of hydrogen-bond donors (Lipinski definition) is 4. The van der Waals surface area contributed by atoms with Crippen molar-refractivity contribution in [3.05, 3.63) is 54.1 Å². The molecule has 0 atom stereocenters. The van der Waals surface area contributed by atoms with Gasteiger partial charge in [0.05, 0.1) is 22.3 Å². The SMILES string of the molecule is Cc1ccccc1-c1cc(NC(=N)NC=O)c2c(O)cccc2n1. The van der Waals surface area contributed by atoms with Crippen LogP contribution in [0.5, 0.6) is 5.75 Å². The second-order valence-corrected chi connectivity index (χ2v) is 5.30. The fraction of sp³-hybridized carbons (Fsp3) is 0.0556. The number of phenols is 1. The molecule has 0 fully saturated rings. The van der Waals surface area contributed by atoms with Crippen molar-refractivity contribution in [2.24, 2.45) is 0 Å². The van der Waals surface area contributed by atoms with E-state index >= 15 is 0 Å². The Morgan fingerprint density at radius 1 is 1.21 bits per heavy atom. The summed E-state index contributed by atoms with van der Waals surface area (Å²) in [5.74, 6) is -0.130. The van der Waals surface area contributed by atoms with Gasteiger partial charge in [0.15, 0.2) is 5.96 Å². The Kier molecular flexibility index (Phi) is 4.11. The molecular formula is C18H16N4O2. The molecule has 0 aliphatic heterocycles. The van der Waals surface area contributed by atoms with Crippen LogP contribution in [0.15, 0.2) is 48.5 Å². The first-order valence-corrected chi connectivity index (χ1v) is 7.34. The Morgan fingerprint density at radius 3 is 2.75 bits per heavy atom. The number of fused-ring (bicyclic) bond motifs is 1. The van der Waals surface area contributed by atoms with E-state index in [1.54, 1.807) is 24.3 Å². The summed E-state index contributed by atoms with van der Waals surface area (Å²) in [5, 5.41) is 23.4. The number of pyridine rings is 1. The van der Waals surface area contributed by atoms with Crippen LogP contribution < -0.4 is 10.6 Å². The fourth-order valence-corrected chi connectivity index (χ4v) is 2.59. The maximum absolute atomic E-state index is 10.5. The number of hydrogen-bond acceptors (Lipinski definition) is 4. The van der Waals surface area contributed by atoms with Gasteiger partial charge in [-0.1, -0.05) is 30.3 Å². The van der Waals surface area contributed by atoms with Gasteiger partial charge in [-0.2, -0.15) is 0 Å². The van der Waals surface area contributed by atoms with E-state index in [2.05, 4.69) is 15.6 Å². The van der Waals surface area contributed by atoms with E-state index in [9.17, 15) is 9.90 Å². The lowest BCUT2D eigenvalue weighted by Crippen LogP contribution is -2.28. The zero-order chi connectivity index (χ0) is 17.1. The zero-order valence-electron chi connectivity index (χ0n) is 13.0. The summed E-state index contributed by atoms with van der Waals surface area (Å²) in [4.78, 5) is 15.1. The summed E-state index contributed by atoms with van der Waals surface area (Å²) in [6.07, 6.45) is 0.417. The number of nitrogens with zero attached hydrogens (tertiary/aromatic N) is 1. The largest absolute Gasteiger partial charge is 0.507 e. The predicted molar refractivity (Wildman–Crippen MR) is 94.1 cm³/mol. The van der Waals surface area contributed by atoms with Crippen LogP contribution in [0.25, 0.3) is 22.2 Å². The molecule has 6 heteroatoms. The molecule has 6 nitrogen and oxygen atoms in total. The van der Waals surface area contributed by atoms with E-state index < -0.39 is 0 Å². The summed E-state index contributed by atoms with van der Waals surface area (Å²) in [5.41, 5.74) is 3.83. The topological polar surface area (TPSA) is 98.1 Å². The van der Waals surface area contributed by atoms with Gasteiger partial charge in [-0.25, -0.2) is 4.98 Å². The number of rotatable bonds is 3. The highest BCUT2D eigenvalue weighted by atomic mass is 16.3. The molecule has 0 radical (unpaired) electrons. The standard InChI is InChI=1S/C18H16N4O2/c1-11-5-2-3-6-12(11)14-9-15(22-18(19)20-10-23)17-13(21-14)7-4-8-16(17)24/h2-10,24H,1H3,(H3,19,20,21,22,23). The maximum Gasteiger partial charge on any atom is 0.213 e. The number of carbonyl (C=O) groups excluding carboxylic acids is 1. The second-order valence-electron chi connectivity index (χ2n) is 5.30. The number of aromatic hydroxyl groups is 1. The number of phenolic OH excluding ortho intramolecular Hbond substituents is 1. The van der Waals surface area contributed by atoms with E-state index in [-0.39, 0.29) is 11.7 Å². The molecule has 1 aromatic heterocycles. The summed E-state index contributed by atoms with van der Waals surface area (Å²) in [6.45, 7) is 1.99. The fourth-order valence-electron chi connectivity index (χ4n) is 2.59.